The number of benzene rings is 2. The van der Waals surface area contributed by atoms with Crippen LogP contribution in [0.4, 0.5) is 15.8 Å². The average Bonchev–Trinajstić information content (AvgIpc) is 2.61. The highest BCUT2D eigenvalue weighted by molar-refractivity contribution is 5.81. The van der Waals surface area contributed by atoms with Gasteiger partial charge in [0.25, 0.3) is 0 Å². The molecule has 0 saturated carbocycles. The van der Waals surface area contributed by atoms with E-state index < -0.39 is 0 Å². The van der Waals surface area contributed by atoms with Crippen LogP contribution in [0.1, 0.15) is 6.42 Å². The summed E-state index contributed by atoms with van der Waals surface area (Å²) < 4.78 is 19.5. The Morgan fingerprint density at radius 3 is 2.67 bits per heavy atom. The van der Waals surface area contributed by atoms with Crippen molar-refractivity contribution in [3.8, 4) is 11.1 Å². The molecular formula is C19H24FN3O. The second kappa shape index (κ2) is 8.13. The van der Waals surface area contributed by atoms with Crippen molar-refractivity contribution in [3.05, 3.63) is 48.3 Å². The molecule has 0 radical (unpaired) electrons. The van der Waals surface area contributed by atoms with Crippen molar-refractivity contribution in [2.45, 2.75) is 6.42 Å². The van der Waals surface area contributed by atoms with Gasteiger partial charge in [-0.3, -0.25) is 4.90 Å². The van der Waals surface area contributed by atoms with Gasteiger partial charge in [0.15, 0.2) is 0 Å². The maximum Gasteiger partial charge on any atom is 0.131 e. The smallest absolute Gasteiger partial charge is 0.131 e. The minimum Gasteiger partial charge on any atom is -0.399 e. The second-order valence-electron chi connectivity index (χ2n) is 6.02. The summed E-state index contributed by atoms with van der Waals surface area (Å²) in [6.45, 7) is 5.53. The fourth-order valence-electron chi connectivity index (χ4n) is 2.97. The van der Waals surface area contributed by atoms with Gasteiger partial charge in [-0.05, 0) is 37.2 Å². The molecule has 5 heteroatoms. The van der Waals surface area contributed by atoms with Gasteiger partial charge in [-0.1, -0.05) is 18.2 Å². The summed E-state index contributed by atoms with van der Waals surface area (Å²) in [5.41, 5.74) is 8.82. The van der Waals surface area contributed by atoms with Gasteiger partial charge in [-0.25, -0.2) is 4.39 Å². The Labute approximate surface area is 142 Å². The summed E-state index contributed by atoms with van der Waals surface area (Å²) in [5, 5.41) is 3.43. The lowest BCUT2D eigenvalue weighted by Crippen LogP contribution is -2.37. The number of nitrogens with one attached hydrogen (secondary N) is 1. The Bertz CT molecular complexity index is 671. The van der Waals surface area contributed by atoms with E-state index in [9.17, 15) is 4.39 Å². The molecule has 2 aromatic rings. The van der Waals surface area contributed by atoms with E-state index in [1.54, 1.807) is 12.1 Å². The standard InChI is InChI=1S/C19H24FN3O/c20-18-5-2-1-4-16(18)17-14-15(21)6-7-19(17)22-8-3-9-23-10-12-24-13-11-23/h1-2,4-7,14,22H,3,8-13,21H2. The van der Waals surface area contributed by atoms with E-state index in [4.69, 9.17) is 10.5 Å². The van der Waals surface area contributed by atoms with Gasteiger partial charge in [0.2, 0.25) is 0 Å². The van der Waals surface area contributed by atoms with Crippen LogP contribution in [0.3, 0.4) is 0 Å². The molecule has 1 saturated heterocycles. The summed E-state index contributed by atoms with van der Waals surface area (Å²) >= 11 is 0. The molecule has 3 rings (SSSR count). The van der Waals surface area contributed by atoms with Crippen molar-refractivity contribution in [1.82, 2.24) is 4.90 Å². The first-order valence-electron chi connectivity index (χ1n) is 8.42. The monoisotopic (exact) mass is 329 g/mol. The second-order valence-corrected chi connectivity index (χ2v) is 6.02. The lowest BCUT2D eigenvalue weighted by molar-refractivity contribution is 0.0378. The number of hydrogen-bond donors (Lipinski definition) is 2. The molecule has 1 aliphatic heterocycles. The minimum atomic E-state index is -0.237. The van der Waals surface area contributed by atoms with Gasteiger partial charge in [-0.2, -0.15) is 0 Å². The molecule has 24 heavy (non-hydrogen) atoms. The Hall–Kier alpha value is -2.11. The summed E-state index contributed by atoms with van der Waals surface area (Å²) in [6, 6.07) is 12.4. The molecular weight excluding hydrogens is 305 g/mol. The number of nitrogens with two attached hydrogens (primary N) is 1. The molecule has 0 aromatic heterocycles. The van der Waals surface area contributed by atoms with Crippen molar-refractivity contribution in [3.63, 3.8) is 0 Å². The fourth-order valence-corrected chi connectivity index (χ4v) is 2.97. The predicted octanol–water partition coefficient (Wildman–Crippen LogP) is 3.21. The highest BCUT2D eigenvalue weighted by Gasteiger charge is 2.11. The summed E-state index contributed by atoms with van der Waals surface area (Å²) in [5.74, 6) is -0.237. The molecule has 0 unspecified atom stereocenters. The molecule has 4 nitrogen and oxygen atoms in total. The zero-order valence-electron chi connectivity index (χ0n) is 13.8. The molecule has 2 aromatic carbocycles. The van der Waals surface area contributed by atoms with Crippen molar-refractivity contribution in [2.75, 3.05) is 50.4 Å². The molecule has 0 bridgehead atoms. The van der Waals surface area contributed by atoms with Crippen molar-refractivity contribution >= 4 is 11.4 Å². The topological polar surface area (TPSA) is 50.5 Å². The Morgan fingerprint density at radius 2 is 1.88 bits per heavy atom. The number of nitrogen functional groups attached to an aromatic ring is 1. The lowest BCUT2D eigenvalue weighted by Gasteiger charge is -2.26. The molecule has 0 spiro atoms. The molecule has 3 N–H and O–H groups in total. The maximum absolute atomic E-state index is 14.1. The molecule has 128 valence electrons. The van der Waals surface area contributed by atoms with Gasteiger partial charge in [0.1, 0.15) is 5.82 Å². The molecule has 0 amide bonds. The van der Waals surface area contributed by atoms with E-state index in [0.29, 0.717) is 11.3 Å². The summed E-state index contributed by atoms with van der Waals surface area (Å²) in [6.07, 6.45) is 1.03. The van der Waals surface area contributed by atoms with E-state index >= 15 is 0 Å². The van der Waals surface area contributed by atoms with Crippen LogP contribution in [0.25, 0.3) is 11.1 Å². The van der Waals surface area contributed by atoms with Crippen LogP contribution in [0, 0.1) is 5.82 Å². The first kappa shape index (κ1) is 16.7. The third kappa shape index (κ3) is 4.24. The van der Waals surface area contributed by atoms with Gasteiger partial charge < -0.3 is 15.8 Å². The van der Waals surface area contributed by atoms with Crippen molar-refractivity contribution < 1.29 is 9.13 Å². The fraction of sp³-hybridized carbons (Fsp3) is 0.368. The first-order chi connectivity index (χ1) is 11.7. The number of anilines is 2. The van der Waals surface area contributed by atoms with Gasteiger partial charge >= 0.3 is 0 Å². The lowest BCUT2D eigenvalue weighted by atomic mass is 10.0. The third-order valence-corrected chi connectivity index (χ3v) is 4.28. The van der Waals surface area contributed by atoms with E-state index in [2.05, 4.69) is 10.2 Å². The van der Waals surface area contributed by atoms with Crippen LogP contribution in [0.5, 0.6) is 0 Å². The summed E-state index contributed by atoms with van der Waals surface area (Å²) in [7, 11) is 0. The van der Waals surface area contributed by atoms with Crippen LogP contribution in [0.15, 0.2) is 42.5 Å². The molecule has 0 atom stereocenters. The van der Waals surface area contributed by atoms with Crippen molar-refractivity contribution in [2.24, 2.45) is 0 Å². The first-order valence-corrected chi connectivity index (χ1v) is 8.42. The highest BCUT2D eigenvalue weighted by Crippen LogP contribution is 2.31. The van der Waals surface area contributed by atoms with Crippen molar-refractivity contribution in [1.29, 1.82) is 0 Å². The van der Waals surface area contributed by atoms with E-state index in [-0.39, 0.29) is 5.82 Å². The van der Waals surface area contributed by atoms with Crippen LogP contribution < -0.4 is 11.1 Å². The van der Waals surface area contributed by atoms with E-state index in [1.807, 2.05) is 24.3 Å². The predicted molar refractivity (Wildman–Crippen MR) is 96.6 cm³/mol. The van der Waals surface area contributed by atoms with E-state index in [1.165, 1.54) is 6.07 Å². The van der Waals surface area contributed by atoms with Gasteiger partial charge in [-0.15, -0.1) is 0 Å². The number of morpholine rings is 1. The number of nitrogens with zero attached hydrogens (tertiary/aromatic N) is 1. The van der Waals surface area contributed by atoms with Crippen LogP contribution in [0.2, 0.25) is 0 Å². The Kier molecular flexibility index (Phi) is 5.67. The van der Waals surface area contributed by atoms with Crippen LogP contribution in [-0.2, 0) is 4.74 Å². The Morgan fingerprint density at radius 1 is 1.08 bits per heavy atom. The molecule has 0 aliphatic carbocycles. The molecule has 1 fully saturated rings. The maximum atomic E-state index is 14.1. The van der Waals surface area contributed by atoms with Gasteiger partial charge in [0, 0.05) is 42.1 Å². The third-order valence-electron chi connectivity index (χ3n) is 4.28. The quantitative estimate of drug-likeness (QED) is 0.631. The largest absolute Gasteiger partial charge is 0.399 e. The SMILES string of the molecule is Nc1ccc(NCCCN2CCOCC2)c(-c2ccccc2F)c1. The number of halogens is 1. The van der Waals surface area contributed by atoms with Crippen LogP contribution >= 0.6 is 0 Å². The zero-order valence-corrected chi connectivity index (χ0v) is 13.8. The van der Waals surface area contributed by atoms with E-state index in [0.717, 1.165) is 57.1 Å². The number of ether oxygens (including phenoxy) is 1. The molecule has 1 aliphatic rings. The zero-order chi connectivity index (χ0) is 16.8. The number of rotatable bonds is 6. The van der Waals surface area contributed by atoms with Crippen LogP contribution in [-0.4, -0.2) is 44.3 Å². The number of hydrogen-bond acceptors (Lipinski definition) is 4. The van der Waals surface area contributed by atoms with Gasteiger partial charge in [0.05, 0.1) is 13.2 Å². The Balaban J connectivity index is 1.64. The summed E-state index contributed by atoms with van der Waals surface area (Å²) in [4.78, 5) is 2.41. The average molecular weight is 329 g/mol. The molecule has 1 heterocycles. The minimum absolute atomic E-state index is 0.237. The highest BCUT2D eigenvalue weighted by atomic mass is 19.1. The normalized spacial score (nSPS) is 15.4.